The van der Waals surface area contributed by atoms with Gasteiger partial charge >= 0.3 is 0 Å². The molecule has 0 fully saturated rings. The summed E-state index contributed by atoms with van der Waals surface area (Å²) in [6, 6.07) is 7.60. The van der Waals surface area contributed by atoms with Gasteiger partial charge in [0.25, 0.3) is 0 Å². The van der Waals surface area contributed by atoms with Crippen molar-refractivity contribution in [3.63, 3.8) is 0 Å². The molecule has 15 heavy (non-hydrogen) atoms. The van der Waals surface area contributed by atoms with Crippen molar-refractivity contribution in [1.82, 2.24) is 0 Å². The van der Waals surface area contributed by atoms with E-state index in [2.05, 4.69) is 13.8 Å². The Kier molecular flexibility index (Phi) is 4.68. The number of rotatable bonds is 4. The van der Waals surface area contributed by atoms with Crippen LogP contribution >= 0.6 is 23.4 Å². The van der Waals surface area contributed by atoms with E-state index >= 15 is 0 Å². The summed E-state index contributed by atoms with van der Waals surface area (Å²) in [5.74, 6) is 0.577. The van der Waals surface area contributed by atoms with Gasteiger partial charge in [0.15, 0.2) is 0 Å². The lowest BCUT2D eigenvalue weighted by molar-refractivity contribution is -0.117. The van der Waals surface area contributed by atoms with Crippen molar-refractivity contribution in [3.8, 4) is 0 Å². The molecule has 0 heterocycles. The molecule has 0 aromatic heterocycles. The summed E-state index contributed by atoms with van der Waals surface area (Å²) in [7, 11) is 0. The molecule has 1 atom stereocenters. The highest BCUT2D eigenvalue weighted by molar-refractivity contribution is 8.00. The zero-order valence-electron chi connectivity index (χ0n) is 9.16. The highest BCUT2D eigenvalue weighted by atomic mass is 35.5. The first-order valence-corrected chi connectivity index (χ1v) is 6.19. The molecule has 1 unspecified atom stereocenters. The Bertz CT molecular complexity index is 332. The molecule has 0 aliphatic heterocycles. The van der Waals surface area contributed by atoms with E-state index in [9.17, 15) is 4.79 Å². The van der Waals surface area contributed by atoms with Gasteiger partial charge in [0, 0.05) is 9.92 Å². The highest BCUT2D eigenvalue weighted by Gasteiger charge is 2.19. The van der Waals surface area contributed by atoms with Crippen molar-refractivity contribution >= 4 is 29.1 Å². The number of ketones is 1. The lowest BCUT2D eigenvalue weighted by Crippen LogP contribution is -2.19. The summed E-state index contributed by atoms with van der Waals surface area (Å²) in [4.78, 5) is 12.5. The van der Waals surface area contributed by atoms with Gasteiger partial charge in [0.2, 0.25) is 0 Å². The van der Waals surface area contributed by atoms with Gasteiger partial charge in [0.05, 0.1) is 5.25 Å². The van der Waals surface area contributed by atoms with Crippen molar-refractivity contribution in [2.75, 3.05) is 0 Å². The standard InChI is InChI=1S/C12H15ClOS/c1-8(2)12(9(3)14)15-11-6-4-10(13)5-7-11/h4-8,12H,1-3H3. The largest absolute Gasteiger partial charge is 0.299 e. The fourth-order valence-electron chi connectivity index (χ4n) is 1.35. The van der Waals surface area contributed by atoms with Gasteiger partial charge in [-0.15, -0.1) is 11.8 Å². The zero-order valence-corrected chi connectivity index (χ0v) is 10.7. The van der Waals surface area contributed by atoms with E-state index in [1.165, 1.54) is 0 Å². The maximum Gasteiger partial charge on any atom is 0.143 e. The molecule has 0 saturated heterocycles. The van der Waals surface area contributed by atoms with Crippen molar-refractivity contribution in [2.45, 2.75) is 30.9 Å². The number of thioether (sulfide) groups is 1. The molecule has 82 valence electrons. The number of carbonyl (C=O) groups excluding carboxylic acids is 1. The molecular weight excluding hydrogens is 228 g/mol. The van der Waals surface area contributed by atoms with E-state index in [0.29, 0.717) is 5.92 Å². The molecule has 0 bridgehead atoms. The lowest BCUT2D eigenvalue weighted by atomic mass is 10.1. The van der Waals surface area contributed by atoms with Crippen LogP contribution in [-0.4, -0.2) is 11.0 Å². The fourth-order valence-corrected chi connectivity index (χ4v) is 2.50. The van der Waals surface area contributed by atoms with E-state index in [-0.39, 0.29) is 11.0 Å². The average molecular weight is 243 g/mol. The Morgan fingerprint density at radius 2 is 1.80 bits per heavy atom. The number of carbonyl (C=O) groups is 1. The predicted octanol–water partition coefficient (Wildman–Crippen LogP) is 4.05. The van der Waals surface area contributed by atoms with E-state index in [0.717, 1.165) is 9.92 Å². The first-order chi connectivity index (χ1) is 7.00. The third-order valence-electron chi connectivity index (χ3n) is 2.08. The molecule has 3 heteroatoms. The lowest BCUT2D eigenvalue weighted by Gasteiger charge is -2.17. The van der Waals surface area contributed by atoms with E-state index in [1.807, 2.05) is 24.3 Å². The Morgan fingerprint density at radius 1 is 1.27 bits per heavy atom. The quantitative estimate of drug-likeness (QED) is 0.741. The number of benzene rings is 1. The Hall–Kier alpha value is -0.470. The molecule has 1 nitrogen and oxygen atoms in total. The van der Waals surface area contributed by atoms with Gasteiger partial charge in [-0.1, -0.05) is 25.4 Å². The van der Waals surface area contributed by atoms with Crippen LogP contribution in [0, 0.1) is 5.92 Å². The van der Waals surface area contributed by atoms with Crippen LogP contribution in [0.5, 0.6) is 0 Å². The number of hydrogen-bond acceptors (Lipinski definition) is 2. The molecule has 0 aliphatic carbocycles. The zero-order chi connectivity index (χ0) is 11.4. The topological polar surface area (TPSA) is 17.1 Å². The minimum Gasteiger partial charge on any atom is -0.299 e. The van der Waals surface area contributed by atoms with Crippen LogP contribution in [0.4, 0.5) is 0 Å². The summed E-state index contributed by atoms with van der Waals surface area (Å²) in [6.07, 6.45) is 0. The second kappa shape index (κ2) is 5.57. The molecule has 1 rings (SSSR count). The van der Waals surface area contributed by atoms with Crippen LogP contribution < -0.4 is 0 Å². The average Bonchev–Trinajstić information content (AvgIpc) is 2.15. The number of hydrogen-bond donors (Lipinski definition) is 0. The molecule has 1 aromatic rings. The highest BCUT2D eigenvalue weighted by Crippen LogP contribution is 2.29. The normalized spacial score (nSPS) is 12.9. The molecule has 0 radical (unpaired) electrons. The van der Waals surface area contributed by atoms with Gasteiger partial charge < -0.3 is 0 Å². The van der Waals surface area contributed by atoms with E-state index in [4.69, 9.17) is 11.6 Å². The summed E-state index contributed by atoms with van der Waals surface area (Å²) in [5, 5.41) is 0.759. The second-order valence-electron chi connectivity index (χ2n) is 3.85. The van der Waals surface area contributed by atoms with Crippen molar-refractivity contribution < 1.29 is 4.79 Å². The van der Waals surface area contributed by atoms with Crippen LogP contribution in [0.1, 0.15) is 20.8 Å². The molecule has 0 aliphatic rings. The van der Waals surface area contributed by atoms with Crippen molar-refractivity contribution in [3.05, 3.63) is 29.3 Å². The first-order valence-electron chi connectivity index (χ1n) is 4.93. The smallest absolute Gasteiger partial charge is 0.143 e. The van der Waals surface area contributed by atoms with Gasteiger partial charge in [0.1, 0.15) is 5.78 Å². The van der Waals surface area contributed by atoms with E-state index in [1.54, 1.807) is 18.7 Å². The SMILES string of the molecule is CC(=O)C(Sc1ccc(Cl)cc1)C(C)C. The van der Waals surface area contributed by atoms with Crippen molar-refractivity contribution in [2.24, 2.45) is 5.92 Å². The first kappa shape index (κ1) is 12.6. The van der Waals surface area contributed by atoms with Crippen LogP contribution in [0.2, 0.25) is 5.02 Å². The third-order valence-corrected chi connectivity index (χ3v) is 4.01. The summed E-state index contributed by atoms with van der Waals surface area (Å²) in [5.41, 5.74) is 0. The molecule has 1 aromatic carbocycles. The summed E-state index contributed by atoms with van der Waals surface area (Å²) >= 11 is 7.40. The van der Waals surface area contributed by atoms with Crippen LogP contribution in [-0.2, 0) is 4.79 Å². The molecular formula is C12H15ClOS. The maximum absolute atomic E-state index is 11.4. The molecule has 0 N–H and O–H groups in total. The molecule has 0 amide bonds. The number of Topliss-reactive ketones (excluding diaryl/α,β-unsaturated/α-hetero) is 1. The number of halogens is 1. The van der Waals surface area contributed by atoms with Gasteiger partial charge in [-0.25, -0.2) is 0 Å². The van der Waals surface area contributed by atoms with Gasteiger partial charge in [-0.05, 0) is 37.1 Å². The fraction of sp³-hybridized carbons (Fsp3) is 0.417. The Morgan fingerprint density at radius 3 is 2.20 bits per heavy atom. The van der Waals surface area contributed by atoms with Gasteiger partial charge in [-0.2, -0.15) is 0 Å². The Balaban J connectivity index is 2.74. The van der Waals surface area contributed by atoms with E-state index < -0.39 is 0 Å². The van der Waals surface area contributed by atoms with Crippen LogP contribution in [0.15, 0.2) is 29.2 Å². The molecule has 0 spiro atoms. The summed E-state index contributed by atoms with van der Waals surface area (Å²) in [6.45, 7) is 5.78. The Labute approximate surface area is 100 Å². The second-order valence-corrected chi connectivity index (χ2v) is 5.50. The predicted molar refractivity (Wildman–Crippen MR) is 66.6 cm³/mol. The third kappa shape index (κ3) is 3.88. The van der Waals surface area contributed by atoms with Crippen LogP contribution in [0.25, 0.3) is 0 Å². The minimum absolute atomic E-state index is 0.0335. The summed E-state index contributed by atoms with van der Waals surface area (Å²) < 4.78 is 0. The molecule has 0 saturated carbocycles. The monoisotopic (exact) mass is 242 g/mol. The minimum atomic E-state index is 0.0335. The van der Waals surface area contributed by atoms with Gasteiger partial charge in [-0.3, -0.25) is 4.79 Å². The van der Waals surface area contributed by atoms with Crippen LogP contribution in [0.3, 0.4) is 0 Å². The maximum atomic E-state index is 11.4. The van der Waals surface area contributed by atoms with Crippen molar-refractivity contribution in [1.29, 1.82) is 0 Å².